The molecular weight excluding hydrogens is 259 g/mol. The van der Waals surface area contributed by atoms with Crippen LogP contribution in [0, 0.1) is 11.8 Å². The lowest BCUT2D eigenvalue weighted by Crippen LogP contribution is -2.27. The van der Waals surface area contributed by atoms with E-state index in [0.717, 1.165) is 11.8 Å². The van der Waals surface area contributed by atoms with E-state index in [4.69, 9.17) is 0 Å². The minimum atomic E-state index is 0.468. The largest absolute Gasteiger partial charge is 0.0879 e. The second-order valence-corrected chi connectivity index (χ2v) is 7.11. The van der Waals surface area contributed by atoms with Crippen molar-refractivity contribution in [2.45, 2.75) is 43.5 Å². The molecule has 0 fully saturated rings. The second-order valence-electron chi connectivity index (χ2n) is 4.33. The van der Waals surface area contributed by atoms with Gasteiger partial charge in [0.05, 0.1) is 0 Å². The van der Waals surface area contributed by atoms with E-state index in [1.54, 1.807) is 0 Å². The van der Waals surface area contributed by atoms with Crippen LogP contribution in [0.1, 0.15) is 40.0 Å². The summed E-state index contributed by atoms with van der Waals surface area (Å²) in [5.41, 5.74) is 0. The third-order valence-corrected chi connectivity index (χ3v) is 3.79. The summed E-state index contributed by atoms with van der Waals surface area (Å²) < 4.78 is 0.468. The van der Waals surface area contributed by atoms with Gasteiger partial charge in [-0.15, -0.1) is 0 Å². The molecule has 0 aliphatic heterocycles. The molecule has 70 valence electrons. The van der Waals surface area contributed by atoms with Crippen LogP contribution in [0.2, 0.25) is 0 Å². The maximum absolute atomic E-state index is 2.59. The molecule has 0 nitrogen and oxygen atoms in total. The Morgan fingerprint density at radius 1 is 1.50 bits per heavy atom. The van der Waals surface area contributed by atoms with Gasteiger partial charge in [-0.1, -0.05) is 55.5 Å². The van der Waals surface area contributed by atoms with Crippen molar-refractivity contribution in [3.8, 4) is 0 Å². The van der Waals surface area contributed by atoms with Crippen LogP contribution in [0.5, 0.6) is 0 Å². The number of rotatable bonds is 2. The molecule has 0 amide bonds. The third kappa shape index (κ3) is 2.75. The fourth-order valence-corrected chi connectivity index (χ4v) is 2.35. The Balaban J connectivity index is 2.56. The Hall–Kier alpha value is 0.470. The Morgan fingerprint density at radius 2 is 2.17 bits per heavy atom. The summed E-state index contributed by atoms with van der Waals surface area (Å²) >= 11 is 2.59. The smallest absolute Gasteiger partial charge is 0.0197 e. The predicted octanol–water partition coefficient (Wildman–Crippen LogP) is 4.19. The first-order valence-electron chi connectivity index (χ1n) is 4.89. The lowest BCUT2D eigenvalue weighted by Gasteiger charge is -2.33. The first-order chi connectivity index (χ1) is 5.54. The van der Waals surface area contributed by atoms with Crippen molar-refractivity contribution in [2.75, 3.05) is 0 Å². The van der Waals surface area contributed by atoms with Crippen LogP contribution in [0.15, 0.2) is 12.2 Å². The van der Waals surface area contributed by atoms with E-state index in [0.29, 0.717) is 3.42 Å². The summed E-state index contributed by atoms with van der Waals surface area (Å²) in [4.78, 5) is 0. The van der Waals surface area contributed by atoms with E-state index in [2.05, 4.69) is 55.5 Å². The topological polar surface area (TPSA) is 0 Å². The Morgan fingerprint density at radius 3 is 2.67 bits per heavy atom. The summed E-state index contributed by atoms with van der Waals surface area (Å²) in [6, 6.07) is 0. The molecule has 0 N–H and O–H groups in total. The fraction of sp³-hybridized carbons (Fsp3) is 0.818. The summed E-state index contributed by atoms with van der Waals surface area (Å²) in [6.45, 7) is 6.99. The van der Waals surface area contributed by atoms with Gasteiger partial charge in [-0.3, -0.25) is 0 Å². The molecule has 2 unspecified atom stereocenters. The molecule has 0 radical (unpaired) electrons. The highest BCUT2D eigenvalue weighted by Crippen LogP contribution is 2.38. The second kappa shape index (κ2) is 4.12. The van der Waals surface area contributed by atoms with Gasteiger partial charge < -0.3 is 0 Å². The summed E-state index contributed by atoms with van der Waals surface area (Å²) in [5.74, 6) is 1.73. The van der Waals surface area contributed by atoms with Crippen LogP contribution in [0.3, 0.4) is 0 Å². The highest BCUT2D eigenvalue weighted by atomic mass is 127. The predicted molar refractivity (Wildman–Crippen MR) is 63.7 cm³/mol. The normalized spacial score (nSPS) is 30.7. The minimum Gasteiger partial charge on any atom is -0.0879 e. The molecule has 2 atom stereocenters. The van der Waals surface area contributed by atoms with E-state index >= 15 is 0 Å². The zero-order valence-electron chi connectivity index (χ0n) is 8.31. The Labute approximate surface area is 90.0 Å². The lowest BCUT2D eigenvalue weighted by molar-refractivity contribution is 0.344. The highest BCUT2D eigenvalue weighted by Gasteiger charge is 2.28. The van der Waals surface area contributed by atoms with Gasteiger partial charge in [0.15, 0.2) is 0 Å². The minimum absolute atomic E-state index is 0.468. The van der Waals surface area contributed by atoms with E-state index < -0.39 is 0 Å². The molecule has 0 aromatic heterocycles. The molecule has 0 aromatic carbocycles. The van der Waals surface area contributed by atoms with Crippen molar-refractivity contribution >= 4 is 22.6 Å². The van der Waals surface area contributed by atoms with Crippen LogP contribution < -0.4 is 0 Å². The van der Waals surface area contributed by atoms with Crippen LogP contribution in [0.4, 0.5) is 0 Å². The van der Waals surface area contributed by atoms with Gasteiger partial charge in [-0.25, -0.2) is 0 Å². The quantitative estimate of drug-likeness (QED) is 0.403. The molecular formula is C11H19I. The first-order valence-corrected chi connectivity index (χ1v) is 5.97. The van der Waals surface area contributed by atoms with Gasteiger partial charge in [0.1, 0.15) is 0 Å². The Kier molecular flexibility index (Phi) is 3.62. The van der Waals surface area contributed by atoms with Gasteiger partial charge >= 0.3 is 0 Å². The Bertz CT molecular complexity index is 164. The van der Waals surface area contributed by atoms with Gasteiger partial charge in [-0.05, 0) is 31.1 Å². The average molecular weight is 278 g/mol. The monoisotopic (exact) mass is 278 g/mol. The van der Waals surface area contributed by atoms with Crippen molar-refractivity contribution in [1.82, 2.24) is 0 Å². The fourth-order valence-electron chi connectivity index (χ4n) is 1.84. The summed E-state index contributed by atoms with van der Waals surface area (Å²) in [5, 5.41) is 0. The molecule has 0 aromatic rings. The van der Waals surface area contributed by atoms with Crippen LogP contribution in [-0.2, 0) is 0 Å². The number of hydrogen-bond acceptors (Lipinski definition) is 0. The number of halogens is 1. The molecule has 0 saturated carbocycles. The molecule has 0 heterocycles. The standard InChI is InChI=1S/C11H19I/c1-4-9-6-5-7-10(8-9)11(2,3)12/h5-6,9-10H,4,7-8H2,1-3H3. The first kappa shape index (κ1) is 10.6. The van der Waals surface area contributed by atoms with Crippen molar-refractivity contribution in [1.29, 1.82) is 0 Å². The van der Waals surface area contributed by atoms with Gasteiger partial charge in [0.25, 0.3) is 0 Å². The van der Waals surface area contributed by atoms with E-state index in [1.807, 2.05) is 0 Å². The van der Waals surface area contributed by atoms with Crippen molar-refractivity contribution in [3.63, 3.8) is 0 Å². The van der Waals surface area contributed by atoms with Crippen LogP contribution >= 0.6 is 22.6 Å². The number of alkyl halides is 1. The summed E-state index contributed by atoms with van der Waals surface area (Å²) in [6.07, 6.45) is 8.76. The third-order valence-electron chi connectivity index (χ3n) is 2.91. The van der Waals surface area contributed by atoms with Crippen molar-refractivity contribution < 1.29 is 0 Å². The molecule has 1 aliphatic carbocycles. The molecule has 1 rings (SSSR count). The number of hydrogen-bond donors (Lipinski definition) is 0. The van der Waals surface area contributed by atoms with Crippen LogP contribution in [-0.4, -0.2) is 3.42 Å². The van der Waals surface area contributed by atoms with Gasteiger partial charge in [0.2, 0.25) is 0 Å². The van der Waals surface area contributed by atoms with Gasteiger partial charge in [-0.2, -0.15) is 0 Å². The molecule has 0 saturated heterocycles. The highest BCUT2D eigenvalue weighted by molar-refractivity contribution is 14.1. The van der Waals surface area contributed by atoms with Crippen molar-refractivity contribution in [2.24, 2.45) is 11.8 Å². The van der Waals surface area contributed by atoms with E-state index in [1.165, 1.54) is 19.3 Å². The molecule has 0 spiro atoms. The van der Waals surface area contributed by atoms with E-state index in [9.17, 15) is 0 Å². The lowest BCUT2D eigenvalue weighted by atomic mass is 9.79. The average Bonchev–Trinajstić information content (AvgIpc) is 2.03. The van der Waals surface area contributed by atoms with Crippen molar-refractivity contribution in [3.05, 3.63) is 12.2 Å². The van der Waals surface area contributed by atoms with E-state index in [-0.39, 0.29) is 0 Å². The molecule has 0 bridgehead atoms. The summed E-state index contributed by atoms with van der Waals surface area (Å²) in [7, 11) is 0. The number of allylic oxidation sites excluding steroid dienone is 2. The maximum Gasteiger partial charge on any atom is 0.0197 e. The zero-order valence-corrected chi connectivity index (χ0v) is 10.5. The van der Waals surface area contributed by atoms with Crippen LogP contribution in [0.25, 0.3) is 0 Å². The zero-order chi connectivity index (χ0) is 9.19. The molecule has 1 heteroatoms. The SMILES string of the molecule is CCC1C=CCC(C(C)(C)I)C1. The molecule has 1 aliphatic rings. The molecule has 12 heavy (non-hydrogen) atoms. The maximum atomic E-state index is 2.59. The van der Waals surface area contributed by atoms with Gasteiger partial charge in [0, 0.05) is 3.42 Å².